The van der Waals surface area contributed by atoms with Gasteiger partial charge in [-0.1, -0.05) is 103 Å². The molecule has 0 saturated heterocycles. The van der Waals surface area contributed by atoms with Gasteiger partial charge in [0.15, 0.2) is 0 Å². The van der Waals surface area contributed by atoms with Crippen molar-refractivity contribution in [2.75, 3.05) is 0 Å². The van der Waals surface area contributed by atoms with E-state index in [1.807, 2.05) is 24.4 Å². The Morgan fingerprint density at radius 2 is 0.850 bits per heavy atom. The van der Waals surface area contributed by atoms with E-state index in [1.54, 1.807) is 0 Å². The third-order valence-electron chi connectivity index (χ3n) is 7.88. The van der Waals surface area contributed by atoms with Crippen molar-refractivity contribution in [3.63, 3.8) is 0 Å². The molecular formula is C38H24N2. The standard InChI is InChI=1S/C38H24N2/c1-3-13-28-25(11-1)21-34(32-17-7-5-15-30(28)32)27-23-37(40-38(24-27)36-19-9-10-20-39-36)35-22-26-12-2-4-14-29(26)31-16-6-8-18-33(31)35/h1-24H. The maximum absolute atomic E-state index is 5.24. The number of rotatable bonds is 3. The van der Waals surface area contributed by atoms with Crippen LogP contribution >= 0.6 is 0 Å². The van der Waals surface area contributed by atoms with Crippen LogP contribution in [0.15, 0.2) is 146 Å². The first-order chi connectivity index (χ1) is 19.8. The van der Waals surface area contributed by atoms with Crippen molar-refractivity contribution in [2.45, 2.75) is 0 Å². The summed E-state index contributed by atoms with van der Waals surface area (Å²) < 4.78 is 0. The van der Waals surface area contributed by atoms with Gasteiger partial charge in [-0.2, -0.15) is 0 Å². The summed E-state index contributed by atoms with van der Waals surface area (Å²) in [5.74, 6) is 0. The highest BCUT2D eigenvalue weighted by atomic mass is 14.8. The minimum Gasteiger partial charge on any atom is -0.255 e. The summed E-state index contributed by atoms with van der Waals surface area (Å²) in [6.45, 7) is 0. The quantitative estimate of drug-likeness (QED) is 0.222. The third-order valence-corrected chi connectivity index (χ3v) is 7.88. The van der Waals surface area contributed by atoms with E-state index in [-0.39, 0.29) is 0 Å². The average Bonchev–Trinajstić information content (AvgIpc) is 3.04. The molecular weight excluding hydrogens is 484 g/mol. The number of pyridine rings is 2. The van der Waals surface area contributed by atoms with Gasteiger partial charge in [0.25, 0.3) is 0 Å². The van der Waals surface area contributed by atoms with Crippen molar-refractivity contribution >= 4 is 43.1 Å². The summed E-state index contributed by atoms with van der Waals surface area (Å²) in [5.41, 5.74) is 6.12. The first-order valence-corrected chi connectivity index (χ1v) is 13.6. The van der Waals surface area contributed by atoms with Gasteiger partial charge in [0.05, 0.1) is 17.1 Å². The van der Waals surface area contributed by atoms with Gasteiger partial charge < -0.3 is 0 Å². The van der Waals surface area contributed by atoms with Gasteiger partial charge >= 0.3 is 0 Å². The van der Waals surface area contributed by atoms with Crippen LogP contribution in [-0.4, -0.2) is 9.97 Å². The molecule has 0 aliphatic rings. The molecule has 40 heavy (non-hydrogen) atoms. The zero-order valence-electron chi connectivity index (χ0n) is 21.8. The van der Waals surface area contributed by atoms with Gasteiger partial charge in [-0.3, -0.25) is 4.98 Å². The summed E-state index contributed by atoms with van der Waals surface area (Å²) >= 11 is 0. The number of nitrogens with zero attached hydrogens (tertiary/aromatic N) is 2. The monoisotopic (exact) mass is 508 g/mol. The molecule has 0 aliphatic carbocycles. The molecule has 6 aromatic carbocycles. The first kappa shape index (κ1) is 22.6. The molecule has 0 atom stereocenters. The van der Waals surface area contributed by atoms with Crippen LogP contribution in [0, 0.1) is 0 Å². The minimum absolute atomic E-state index is 0.862. The second-order valence-electron chi connectivity index (χ2n) is 10.2. The van der Waals surface area contributed by atoms with E-state index in [0.717, 1.165) is 28.2 Å². The van der Waals surface area contributed by atoms with E-state index in [1.165, 1.54) is 48.7 Å². The van der Waals surface area contributed by atoms with Gasteiger partial charge in [0.2, 0.25) is 0 Å². The van der Waals surface area contributed by atoms with Gasteiger partial charge in [0, 0.05) is 11.8 Å². The molecule has 0 spiro atoms. The molecule has 2 nitrogen and oxygen atoms in total. The van der Waals surface area contributed by atoms with Crippen molar-refractivity contribution in [1.82, 2.24) is 9.97 Å². The minimum atomic E-state index is 0.862. The number of hydrogen-bond donors (Lipinski definition) is 0. The van der Waals surface area contributed by atoms with Crippen molar-refractivity contribution in [2.24, 2.45) is 0 Å². The molecule has 2 aromatic heterocycles. The predicted octanol–water partition coefficient (Wildman–Crippen LogP) is 10.1. The van der Waals surface area contributed by atoms with Crippen molar-refractivity contribution in [3.05, 3.63) is 146 Å². The van der Waals surface area contributed by atoms with Gasteiger partial charge in [-0.15, -0.1) is 0 Å². The van der Waals surface area contributed by atoms with E-state index >= 15 is 0 Å². The van der Waals surface area contributed by atoms with E-state index < -0.39 is 0 Å². The zero-order valence-corrected chi connectivity index (χ0v) is 21.8. The second-order valence-corrected chi connectivity index (χ2v) is 10.2. The Morgan fingerprint density at radius 3 is 1.48 bits per heavy atom. The highest BCUT2D eigenvalue weighted by Crippen LogP contribution is 2.40. The average molecular weight is 509 g/mol. The van der Waals surface area contributed by atoms with E-state index in [2.05, 4.69) is 126 Å². The molecule has 2 heteroatoms. The van der Waals surface area contributed by atoms with Crippen molar-refractivity contribution in [1.29, 1.82) is 0 Å². The van der Waals surface area contributed by atoms with Crippen molar-refractivity contribution < 1.29 is 0 Å². The van der Waals surface area contributed by atoms with Crippen LogP contribution in [0.3, 0.4) is 0 Å². The summed E-state index contributed by atoms with van der Waals surface area (Å²) in [4.78, 5) is 9.92. The molecule has 0 saturated carbocycles. The maximum atomic E-state index is 5.24. The Kier molecular flexibility index (Phi) is 5.17. The SMILES string of the molecule is c1ccc(-c2cc(-c3cc4ccccc4c4ccccc34)cc(-c3cc4ccccc4c4ccccc34)n2)nc1. The summed E-state index contributed by atoms with van der Waals surface area (Å²) in [7, 11) is 0. The molecule has 0 unspecified atom stereocenters. The van der Waals surface area contributed by atoms with Gasteiger partial charge in [0.1, 0.15) is 0 Å². The lowest BCUT2D eigenvalue weighted by molar-refractivity contribution is 1.25. The van der Waals surface area contributed by atoms with Gasteiger partial charge in [-0.25, -0.2) is 4.98 Å². The molecule has 8 rings (SSSR count). The number of fused-ring (bicyclic) bond motifs is 6. The fourth-order valence-electron chi connectivity index (χ4n) is 6.03. The topological polar surface area (TPSA) is 25.8 Å². The molecule has 0 amide bonds. The lowest BCUT2D eigenvalue weighted by atomic mass is 9.91. The van der Waals surface area contributed by atoms with Gasteiger partial charge in [-0.05, 0) is 90.6 Å². The Morgan fingerprint density at radius 1 is 0.350 bits per heavy atom. The van der Waals surface area contributed by atoms with E-state index in [0.29, 0.717) is 0 Å². The van der Waals surface area contributed by atoms with Crippen molar-refractivity contribution in [3.8, 4) is 33.8 Å². The van der Waals surface area contributed by atoms with Crippen LogP contribution in [0.5, 0.6) is 0 Å². The fourth-order valence-corrected chi connectivity index (χ4v) is 6.03. The smallest absolute Gasteiger partial charge is 0.0899 e. The number of hydrogen-bond acceptors (Lipinski definition) is 2. The molecule has 8 aromatic rings. The Labute approximate surface area is 232 Å². The van der Waals surface area contributed by atoms with Crippen LogP contribution in [0.4, 0.5) is 0 Å². The zero-order chi connectivity index (χ0) is 26.5. The Hall–Kier alpha value is -5.34. The molecule has 0 radical (unpaired) electrons. The molecule has 0 aliphatic heterocycles. The van der Waals surface area contributed by atoms with Crippen LogP contribution in [-0.2, 0) is 0 Å². The highest BCUT2D eigenvalue weighted by Gasteiger charge is 2.16. The normalized spacial score (nSPS) is 11.5. The first-order valence-electron chi connectivity index (χ1n) is 13.6. The summed E-state index contributed by atoms with van der Waals surface area (Å²) in [6.07, 6.45) is 1.83. The molecule has 2 heterocycles. The summed E-state index contributed by atoms with van der Waals surface area (Å²) in [5, 5.41) is 9.87. The Bertz CT molecular complexity index is 2080. The van der Waals surface area contributed by atoms with Crippen LogP contribution in [0.1, 0.15) is 0 Å². The number of benzene rings is 6. The fraction of sp³-hybridized carbons (Fsp3) is 0. The number of aromatic nitrogens is 2. The molecule has 0 N–H and O–H groups in total. The van der Waals surface area contributed by atoms with E-state index in [4.69, 9.17) is 4.98 Å². The molecule has 0 bridgehead atoms. The largest absolute Gasteiger partial charge is 0.255 e. The summed E-state index contributed by atoms with van der Waals surface area (Å²) in [6, 6.07) is 49.6. The molecule has 186 valence electrons. The van der Waals surface area contributed by atoms with Crippen LogP contribution in [0.2, 0.25) is 0 Å². The third kappa shape index (κ3) is 3.65. The second kappa shape index (κ2) is 9.14. The predicted molar refractivity (Wildman–Crippen MR) is 168 cm³/mol. The lowest BCUT2D eigenvalue weighted by Gasteiger charge is -2.15. The molecule has 0 fully saturated rings. The lowest BCUT2D eigenvalue weighted by Crippen LogP contribution is -1.94. The maximum Gasteiger partial charge on any atom is 0.0899 e. The van der Waals surface area contributed by atoms with E-state index in [9.17, 15) is 0 Å². The Balaban J connectivity index is 1.47. The van der Waals surface area contributed by atoms with Crippen LogP contribution in [0.25, 0.3) is 76.9 Å². The van der Waals surface area contributed by atoms with Crippen LogP contribution < -0.4 is 0 Å². The highest BCUT2D eigenvalue weighted by molar-refractivity contribution is 6.15.